The van der Waals surface area contributed by atoms with Crippen molar-refractivity contribution in [3.63, 3.8) is 0 Å². The summed E-state index contributed by atoms with van der Waals surface area (Å²) in [4.78, 5) is 13.6. The summed E-state index contributed by atoms with van der Waals surface area (Å²) < 4.78 is 14.7. The Balaban J connectivity index is 1.97. The average molecular weight is 298 g/mol. The molecule has 3 rings (SSSR count). The first kappa shape index (κ1) is 11.2. The fourth-order valence-electron chi connectivity index (χ4n) is 3.05. The van der Waals surface area contributed by atoms with Gasteiger partial charge in [0.1, 0.15) is 11.6 Å². The number of anilines is 1. The van der Waals surface area contributed by atoms with Crippen LogP contribution in [0.3, 0.4) is 0 Å². The molecule has 17 heavy (non-hydrogen) atoms. The zero-order valence-electron chi connectivity index (χ0n) is 9.33. The van der Waals surface area contributed by atoms with Crippen LogP contribution in [-0.2, 0) is 4.79 Å². The van der Waals surface area contributed by atoms with E-state index in [1.54, 1.807) is 6.07 Å². The minimum Gasteiger partial charge on any atom is -0.362 e. The topological polar surface area (TPSA) is 20.3 Å². The lowest BCUT2D eigenvalue weighted by molar-refractivity contribution is -0.120. The summed E-state index contributed by atoms with van der Waals surface area (Å²) in [6.07, 6.45) is 3.16. The van der Waals surface area contributed by atoms with Gasteiger partial charge in [0, 0.05) is 29.4 Å². The SMILES string of the molecule is O=C1CC2CCC(C1)N2c1ccc(Br)cc1F. The third kappa shape index (κ3) is 1.88. The Labute approximate surface area is 108 Å². The average Bonchev–Trinajstić information content (AvgIpc) is 2.53. The summed E-state index contributed by atoms with van der Waals surface area (Å²) in [5.74, 6) is 0.122. The van der Waals surface area contributed by atoms with Gasteiger partial charge in [-0.3, -0.25) is 4.79 Å². The number of rotatable bonds is 1. The number of carbonyl (C=O) groups excluding carboxylic acids is 1. The van der Waals surface area contributed by atoms with Crippen molar-refractivity contribution >= 4 is 27.4 Å². The van der Waals surface area contributed by atoms with Crippen molar-refractivity contribution in [1.82, 2.24) is 0 Å². The van der Waals surface area contributed by atoms with E-state index in [4.69, 9.17) is 0 Å². The summed E-state index contributed by atoms with van der Waals surface area (Å²) in [5.41, 5.74) is 0.646. The van der Waals surface area contributed by atoms with E-state index in [2.05, 4.69) is 20.8 Å². The van der Waals surface area contributed by atoms with E-state index in [0.717, 1.165) is 17.3 Å². The van der Waals surface area contributed by atoms with Crippen LogP contribution in [0.1, 0.15) is 25.7 Å². The predicted octanol–water partition coefficient (Wildman–Crippen LogP) is 3.29. The molecule has 0 amide bonds. The number of halogens is 2. The van der Waals surface area contributed by atoms with Gasteiger partial charge in [-0.25, -0.2) is 4.39 Å². The molecule has 0 radical (unpaired) electrons. The molecule has 2 atom stereocenters. The van der Waals surface area contributed by atoms with Crippen molar-refractivity contribution in [2.75, 3.05) is 4.90 Å². The molecule has 0 spiro atoms. The van der Waals surface area contributed by atoms with Gasteiger partial charge in [0.05, 0.1) is 5.69 Å². The number of hydrogen-bond donors (Lipinski definition) is 0. The third-order valence-corrected chi connectivity index (χ3v) is 4.23. The number of ketones is 1. The molecular formula is C13H13BrFNO. The highest BCUT2D eigenvalue weighted by molar-refractivity contribution is 9.10. The van der Waals surface area contributed by atoms with Gasteiger partial charge >= 0.3 is 0 Å². The zero-order chi connectivity index (χ0) is 12.0. The van der Waals surface area contributed by atoms with Crippen LogP contribution in [0, 0.1) is 5.82 Å². The molecule has 90 valence electrons. The maximum absolute atomic E-state index is 13.9. The molecule has 0 aliphatic carbocycles. The normalized spacial score (nSPS) is 27.6. The standard InChI is InChI=1S/C13H13BrFNO/c14-8-1-4-13(12(15)5-8)16-9-2-3-10(16)7-11(17)6-9/h1,4-5,9-10H,2-3,6-7H2. The molecule has 2 fully saturated rings. The van der Waals surface area contributed by atoms with E-state index in [9.17, 15) is 9.18 Å². The lowest BCUT2D eigenvalue weighted by Gasteiger charge is -2.36. The predicted molar refractivity (Wildman–Crippen MR) is 67.6 cm³/mol. The van der Waals surface area contributed by atoms with E-state index >= 15 is 0 Å². The number of benzene rings is 1. The van der Waals surface area contributed by atoms with Crippen molar-refractivity contribution in [1.29, 1.82) is 0 Å². The number of nitrogens with zero attached hydrogens (tertiary/aromatic N) is 1. The summed E-state index contributed by atoms with van der Waals surface area (Å²) in [7, 11) is 0. The van der Waals surface area contributed by atoms with Gasteiger partial charge in [-0.2, -0.15) is 0 Å². The smallest absolute Gasteiger partial charge is 0.147 e. The molecule has 0 aromatic heterocycles. The molecule has 2 heterocycles. The highest BCUT2D eigenvalue weighted by Crippen LogP contribution is 2.39. The molecule has 4 heteroatoms. The van der Waals surface area contributed by atoms with Gasteiger partial charge in [-0.1, -0.05) is 15.9 Å². The first-order valence-corrected chi connectivity index (χ1v) is 6.69. The first-order valence-electron chi connectivity index (χ1n) is 5.90. The van der Waals surface area contributed by atoms with E-state index in [-0.39, 0.29) is 17.9 Å². The number of piperidine rings is 1. The van der Waals surface area contributed by atoms with Gasteiger partial charge in [0.2, 0.25) is 0 Å². The number of hydrogen-bond acceptors (Lipinski definition) is 2. The Morgan fingerprint density at radius 3 is 2.47 bits per heavy atom. The van der Waals surface area contributed by atoms with Crippen LogP contribution in [0.5, 0.6) is 0 Å². The fourth-order valence-corrected chi connectivity index (χ4v) is 3.39. The van der Waals surface area contributed by atoms with Crippen LogP contribution in [-0.4, -0.2) is 17.9 Å². The first-order chi connectivity index (χ1) is 8.15. The molecule has 0 N–H and O–H groups in total. The minimum atomic E-state index is -0.203. The number of carbonyl (C=O) groups is 1. The molecule has 2 aliphatic rings. The van der Waals surface area contributed by atoms with Crippen molar-refractivity contribution in [3.05, 3.63) is 28.5 Å². The molecule has 2 saturated heterocycles. The maximum atomic E-state index is 13.9. The van der Waals surface area contributed by atoms with Crippen molar-refractivity contribution in [3.8, 4) is 0 Å². The molecule has 1 aromatic carbocycles. The van der Waals surface area contributed by atoms with Crippen molar-refractivity contribution in [2.24, 2.45) is 0 Å². The van der Waals surface area contributed by atoms with Crippen molar-refractivity contribution in [2.45, 2.75) is 37.8 Å². The highest BCUT2D eigenvalue weighted by Gasteiger charge is 2.40. The Morgan fingerprint density at radius 2 is 1.88 bits per heavy atom. The van der Waals surface area contributed by atoms with E-state index in [1.165, 1.54) is 6.07 Å². The molecule has 1 aromatic rings. The van der Waals surface area contributed by atoms with Gasteiger partial charge in [-0.15, -0.1) is 0 Å². The summed E-state index contributed by atoms with van der Waals surface area (Å²) in [6.45, 7) is 0. The Bertz CT molecular complexity index is 460. The van der Waals surface area contributed by atoms with E-state index in [1.807, 2.05) is 6.07 Å². The second-order valence-electron chi connectivity index (χ2n) is 4.83. The number of Topliss-reactive ketones (excluding diaryl/α,β-unsaturated/α-hetero) is 1. The second kappa shape index (κ2) is 4.09. The van der Waals surface area contributed by atoms with Crippen LogP contribution < -0.4 is 4.90 Å². The van der Waals surface area contributed by atoms with Gasteiger partial charge in [0.25, 0.3) is 0 Å². The van der Waals surface area contributed by atoms with Gasteiger partial charge in [-0.05, 0) is 31.0 Å². The van der Waals surface area contributed by atoms with Gasteiger partial charge < -0.3 is 4.90 Å². The molecule has 2 aliphatic heterocycles. The Kier molecular flexibility index (Phi) is 2.69. The van der Waals surface area contributed by atoms with Crippen LogP contribution in [0.25, 0.3) is 0 Å². The van der Waals surface area contributed by atoms with Crippen molar-refractivity contribution < 1.29 is 9.18 Å². The van der Waals surface area contributed by atoms with Crippen LogP contribution in [0.4, 0.5) is 10.1 Å². The molecular weight excluding hydrogens is 285 g/mol. The van der Waals surface area contributed by atoms with Crippen LogP contribution >= 0.6 is 15.9 Å². The highest BCUT2D eigenvalue weighted by atomic mass is 79.9. The second-order valence-corrected chi connectivity index (χ2v) is 5.75. The largest absolute Gasteiger partial charge is 0.362 e. The molecule has 2 unspecified atom stereocenters. The summed E-state index contributed by atoms with van der Waals surface area (Å²) >= 11 is 3.26. The van der Waals surface area contributed by atoms with E-state index < -0.39 is 0 Å². The monoisotopic (exact) mass is 297 g/mol. The lowest BCUT2D eigenvalue weighted by Crippen LogP contribution is -2.43. The summed E-state index contributed by atoms with van der Waals surface area (Å²) in [5, 5.41) is 0. The quantitative estimate of drug-likeness (QED) is 0.793. The van der Waals surface area contributed by atoms with E-state index in [0.29, 0.717) is 24.3 Å². The Morgan fingerprint density at radius 1 is 1.24 bits per heavy atom. The fraction of sp³-hybridized carbons (Fsp3) is 0.462. The minimum absolute atomic E-state index is 0.203. The molecule has 0 saturated carbocycles. The van der Waals surface area contributed by atoms with Gasteiger partial charge in [0.15, 0.2) is 0 Å². The Hall–Kier alpha value is -0.900. The number of fused-ring (bicyclic) bond motifs is 2. The summed E-state index contributed by atoms with van der Waals surface area (Å²) in [6, 6.07) is 5.56. The maximum Gasteiger partial charge on any atom is 0.147 e. The lowest BCUT2D eigenvalue weighted by atomic mass is 10.0. The van der Waals surface area contributed by atoms with Crippen LogP contribution in [0.2, 0.25) is 0 Å². The molecule has 2 nitrogen and oxygen atoms in total. The molecule has 2 bridgehead atoms. The zero-order valence-corrected chi connectivity index (χ0v) is 10.9. The van der Waals surface area contributed by atoms with Crippen LogP contribution in [0.15, 0.2) is 22.7 Å². The third-order valence-electron chi connectivity index (χ3n) is 3.73.